The van der Waals surface area contributed by atoms with Gasteiger partial charge in [-0.25, -0.2) is 13.1 Å². The van der Waals surface area contributed by atoms with Gasteiger partial charge in [0.25, 0.3) is 0 Å². The van der Waals surface area contributed by atoms with E-state index in [4.69, 9.17) is 0 Å². The molecule has 0 aliphatic carbocycles. The van der Waals surface area contributed by atoms with Crippen LogP contribution in [0.5, 0.6) is 0 Å². The summed E-state index contributed by atoms with van der Waals surface area (Å²) in [4.78, 5) is 0.0582. The van der Waals surface area contributed by atoms with Crippen LogP contribution in [0.4, 0.5) is 0 Å². The standard InChI is InChI=1S/C9H11N3O4S/c1-7-9(6-16-12-7)17(13,14)11-3-2-8-4-10-15-5-8/h4-6,11H,2-3H2,1H3. The summed E-state index contributed by atoms with van der Waals surface area (Å²) in [6.45, 7) is 1.83. The van der Waals surface area contributed by atoms with E-state index in [9.17, 15) is 8.42 Å². The molecule has 1 N–H and O–H groups in total. The molecule has 0 unspecified atom stereocenters. The van der Waals surface area contributed by atoms with Crippen molar-refractivity contribution in [2.24, 2.45) is 0 Å². The molecular formula is C9H11N3O4S. The molecule has 0 aliphatic rings. The Hall–Kier alpha value is -1.67. The maximum atomic E-state index is 11.8. The lowest BCUT2D eigenvalue weighted by Gasteiger charge is -2.03. The molecule has 7 nitrogen and oxygen atoms in total. The van der Waals surface area contributed by atoms with E-state index in [0.717, 1.165) is 11.8 Å². The van der Waals surface area contributed by atoms with Gasteiger partial charge in [0.1, 0.15) is 23.1 Å². The normalized spacial score (nSPS) is 11.8. The van der Waals surface area contributed by atoms with Gasteiger partial charge in [-0.1, -0.05) is 10.3 Å². The van der Waals surface area contributed by atoms with Crippen molar-refractivity contribution >= 4 is 10.0 Å². The summed E-state index contributed by atoms with van der Waals surface area (Å²) in [6.07, 6.45) is 4.63. The molecule has 0 saturated heterocycles. The third-order valence-electron chi connectivity index (χ3n) is 2.18. The molecule has 0 bridgehead atoms. The second kappa shape index (κ2) is 4.68. The van der Waals surface area contributed by atoms with Crippen molar-refractivity contribution in [1.82, 2.24) is 15.0 Å². The third-order valence-corrected chi connectivity index (χ3v) is 3.74. The topological polar surface area (TPSA) is 98.2 Å². The van der Waals surface area contributed by atoms with Crippen LogP contribution in [-0.2, 0) is 16.4 Å². The van der Waals surface area contributed by atoms with E-state index in [2.05, 4.69) is 24.1 Å². The minimum Gasteiger partial charge on any atom is -0.364 e. The van der Waals surface area contributed by atoms with Crippen molar-refractivity contribution in [3.63, 3.8) is 0 Å². The molecule has 0 saturated carbocycles. The highest BCUT2D eigenvalue weighted by molar-refractivity contribution is 7.89. The zero-order chi connectivity index (χ0) is 12.3. The fraction of sp³-hybridized carbons (Fsp3) is 0.333. The van der Waals surface area contributed by atoms with E-state index in [1.165, 1.54) is 6.26 Å². The van der Waals surface area contributed by atoms with Crippen molar-refractivity contribution in [3.8, 4) is 0 Å². The number of sulfonamides is 1. The summed E-state index contributed by atoms with van der Waals surface area (Å²) in [5.41, 5.74) is 1.16. The first kappa shape index (κ1) is 11.8. The van der Waals surface area contributed by atoms with E-state index in [-0.39, 0.29) is 11.4 Å². The minimum atomic E-state index is -3.56. The minimum absolute atomic E-state index is 0.0582. The highest BCUT2D eigenvalue weighted by Crippen LogP contribution is 2.12. The van der Waals surface area contributed by atoms with Crippen LogP contribution in [0.25, 0.3) is 0 Å². The number of rotatable bonds is 5. The van der Waals surface area contributed by atoms with Crippen LogP contribution >= 0.6 is 0 Å². The molecule has 92 valence electrons. The monoisotopic (exact) mass is 257 g/mol. The fourth-order valence-electron chi connectivity index (χ4n) is 1.30. The van der Waals surface area contributed by atoms with Crippen molar-refractivity contribution in [1.29, 1.82) is 0 Å². The smallest absolute Gasteiger partial charge is 0.245 e. The van der Waals surface area contributed by atoms with Crippen LogP contribution in [0.15, 0.2) is 32.7 Å². The first-order valence-corrected chi connectivity index (χ1v) is 6.37. The van der Waals surface area contributed by atoms with Crippen molar-refractivity contribution in [2.45, 2.75) is 18.2 Å². The van der Waals surface area contributed by atoms with E-state index >= 15 is 0 Å². The van der Waals surface area contributed by atoms with E-state index in [1.54, 1.807) is 13.1 Å². The average molecular weight is 257 g/mol. The van der Waals surface area contributed by atoms with Gasteiger partial charge in [-0.2, -0.15) is 0 Å². The molecule has 0 spiro atoms. The molecule has 0 radical (unpaired) electrons. The molecule has 0 fully saturated rings. The average Bonchev–Trinajstić information content (AvgIpc) is 2.88. The van der Waals surface area contributed by atoms with Gasteiger partial charge >= 0.3 is 0 Å². The first-order valence-electron chi connectivity index (χ1n) is 4.88. The number of hydrogen-bond acceptors (Lipinski definition) is 6. The predicted molar refractivity (Wildman–Crippen MR) is 56.6 cm³/mol. The molecule has 0 aromatic carbocycles. The number of aryl methyl sites for hydroxylation is 1. The molecule has 0 amide bonds. The Balaban J connectivity index is 1.97. The van der Waals surface area contributed by atoms with Gasteiger partial charge in [0.05, 0.1) is 6.20 Å². The SMILES string of the molecule is Cc1nocc1S(=O)(=O)NCCc1cnoc1. The quantitative estimate of drug-likeness (QED) is 0.837. The van der Waals surface area contributed by atoms with Gasteiger partial charge in [0.15, 0.2) is 0 Å². The second-order valence-electron chi connectivity index (χ2n) is 3.44. The zero-order valence-corrected chi connectivity index (χ0v) is 9.90. The lowest BCUT2D eigenvalue weighted by Crippen LogP contribution is -2.26. The van der Waals surface area contributed by atoms with Crippen LogP contribution < -0.4 is 4.72 Å². The number of nitrogens with one attached hydrogen (secondary N) is 1. The van der Waals surface area contributed by atoms with Gasteiger partial charge in [0, 0.05) is 12.1 Å². The van der Waals surface area contributed by atoms with Gasteiger partial charge in [0.2, 0.25) is 10.0 Å². The molecule has 2 aromatic rings. The lowest BCUT2D eigenvalue weighted by atomic mass is 10.3. The second-order valence-corrected chi connectivity index (χ2v) is 5.18. The fourth-order valence-corrected chi connectivity index (χ4v) is 2.42. The van der Waals surface area contributed by atoms with Crippen molar-refractivity contribution in [2.75, 3.05) is 6.54 Å². The zero-order valence-electron chi connectivity index (χ0n) is 9.08. The number of aromatic nitrogens is 2. The Morgan fingerprint density at radius 3 is 2.76 bits per heavy atom. The molecule has 0 aliphatic heterocycles. The Bertz CT molecular complexity index is 573. The van der Waals surface area contributed by atoms with Crippen molar-refractivity contribution < 1.29 is 17.5 Å². The molecular weight excluding hydrogens is 246 g/mol. The predicted octanol–water partition coefficient (Wildman–Crippen LogP) is 0.492. The molecule has 2 rings (SSSR count). The van der Waals surface area contributed by atoms with E-state index in [1.807, 2.05) is 0 Å². The van der Waals surface area contributed by atoms with Crippen LogP contribution in [0.3, 0.4) is 0 Å². The van der Waals surface area contributed by atoms with E-state index in [0.29, 0.717) is 12.1 Å². The van der Waals surface area contributed by atoms with Crippen LogP contribution in [0, 0.1) is 6.92 Å². The van der Waals surface area contributed by atoms with Crippen LogP contribution in [0.2, 0.25) is 0 Å². The summed E-state index contributed by atoms with van der Waals surface area (Å²) in [5, 5.41) is 7.05. The maximum Gasteiger partial charge on any atom is 0.245 e. The van der Waals surface area contributed by atoms with Crippen LogP contribution in [0.1, 0.15) is 11.3 Å². The Morgan fingerprint density at radius 2 is 2.18 bits per heavy atom. The summed E-state index contributed by atoms with van der Waals surface area (Å²) in [6, 6.07) is 0. The third kappa shape index (κ3) is 2.71. The molecule has 8 heteroatoms. The largest absolute Gasteiger partial charge is 0.364 e. The molecule has 0 atom stereocenters. The summed E-state index contributed by atoms with van der Waals surface area (Å²) in [5.74, 6) is 0. The van der Waals surface area contributed by atoms with Gasteiger partial charge in [-0.15, -0.1) is 0 Å². The highest BCUT2D eigenvalue weighted by Gasteiger charge is 2.19. The first-order chi connectivity index (χ1) is 8.09. The van der Waals surface area contributed by atoms with Crippen molar-refractivity contribution in [3.05, 3.63) is 30.0 Å². The molecule has 17 heavy (non-hydrogen) atoms. The van der Waals surface area contributed by atoms with Gasteiger partial charge in [-0.3, -0.25) is 0 Å². The molecule has 2 heterocycles. The Morgan fingerprint density at radius 1 is 1.35 bits per heavy atom. The molecule has 2 aromatic heterocycles. The van der Waals surface area contributed by atoms with Gasteiger partial charge < -0.3 is 9.05 Å². The van der Waals surface area contributed by atoms with E-state index < -0.39 is 10.0 Å². The number of nitrogens with zero attached hydrogens (tertiary/aromatic N) is 2. The summed E-state index contributed by atoms with van der Waals surface area (Å²) in [7, 11) is -3.56. The number of hydrogen-bond donors (Lipinski definition) is 1. The Kier molecular flexibility index (Phi) is 3.25. The van der Waals surface area contributed by atoms with Crippen LogP contribution in [-0.4, -0.2) is 25.3 Å². The van der Waals surface area contributed by atoms with Gasteiger partial charge in [-0.05, 0) is 13.3 Å². The lowest BCUT2D eigenvalue weighted by molar-refractivity contribution is 0.413. The summed E-state index contributed by atoms with van der Waals surface area (Å²) >= 11 is 0. The Labute approximate surface area is 97.8 Å². The highest BCUT2D eigenvalue weighted by atomic mass is 32.2. The summed E-state index contributed by atoms with van der Waals surface area (Å²) < 4.78 is 35.3. The maximum absolute atomic E-state index is 11.8.